The van der Waals surface area contributed by atoms with E-state index in [0.717, 1.165) is 24.7 Å². The molecule has 0 aromatic heterocycles. The zero-order valence-corrected chi connectivity index (χ0v) is 16.8. The summed E-state index contributed by atoms with van der Waals surface area (Å²) in [5, 5.41) is 3.18. The average Bonchev–Trinajstić information content (AvgIpc) is 3.32. The predicted molar refractivity (Wildman–Crippen MR) is 105 cm³/mol. The number of carbonyl (C=O) groups excluding carboxylic acids is 1. The van der Waals surface area contributed by atoms with Crippen molar-refractivity contribution in [3.05, 3.63) is 30.3 Å². The molecule has 1 saturated heterocycles. The molecule has 0 unspecified atom stereocenters. The molecule has 1 aromatic rings. The van der Waals surface area contributed by atoms with E-state index >= 15 is 0 Å². The van der Waals surface area contributed by atoms with Gasteiger partial charge < -0.3 is 5.32 Å². The first-order chi connectivity index (χ1) is 13.0. The number of nitrogens with one attached hydrogen (secondary N) is 1. The predicted octanol–water partition coefficient (Wildman–Crippen LogP) is 3.17. The highest BCUT2D eigenvalue weighted by molar-refractivity contribution is 7.89. The van der Waals surface area contributed by atoms with E-state index in [0.29, 0.717) is 18.9 Å². The summed E-state index contributed by atoms with van der Waals surface area (Å²) in [6, 6.07) is 8.00. The zero-order valence-electron chi connectivity index (χ0n) is 16.0. The van der Waals surface area contributed by atoms with Crippen LogP contribution in [0, 0.1) is 17.8 Å². The molecule has 0 spiro atoms. The topological polar surface area (TPSA) is 66.5 Å². The highest BCUT2D eigenvalue weighted by Gasteiger charge is 2.43. The van der Waals surface area contributed by atoms with Gasteiger partial charge >= 0.3 is 0 Å². The Morgan fingerprint density at radius 1 is 1.11 bits per heavy atom. The summed E-state index contributed by atoms with van der Waals surface area (Å²) in [5.41, 5.74) is 0. The van der Waals surface area contributed by atoms with E-state index in [4.69, 9.17) is 0 Å². The summed E-state index contributed by atoms with van der Waals surface area (Å²) in [4.78, 5) is 13.3. The summed E-state index contributed by atoms with van der Waals surface area (Å²) >= 11 is 0. The maximum absolute atomic E-state index is 13.1. The van der Waals surface area contributed by atoms with Crippen LogP contribution in [0.3, 0.4) is 0 Å². The maximum Gasteiger partial charge on any atom is 0.243 e. The van der Waals surface area contributed by atoms with Crippen LogP contribution in [0.4, 0.5) is 0 Å². The highest BCUT2D eigenvalue weighted by Crippen LogP contribution is 2.49. The molecule has 5 atom stereocenters. The first-order valence-corrected chi connectivity index (χ1v) is 11.8. The Labute approximate surface area is 162 Å². The summed E-state index contributed by atoms with van der Waals surface area (Å²) in [6.07, 6.45) is 7.44. The van der Waals surface area contributed by atoms with E-state index in [9.17, 15) is 13.2 Å². The molecule has 2 bridgehead atoms. The summed E-state index contributed by atoms with van der Waals surface area (Å²) in [6.45, 7) is 2.51. The largest absolute Gasteiger partial charge is 0.352 e. The van der Waals surface area contributed by atoms with E-state index in [1.54, 1.807) is 30.3 Å². The van der Waals surface area contributed by atoms with Gasteiger partial charge in [-0.1, -0.05) is 31.0 Å². The number of hydrogen-bond acceptors (Lipinski definition) is 3. The van der Waals surface area contributed by atoms with Crippen molar-refractivity contribution in [2.45, 2.75) is 68.8 Å². The van der Waals surface area contributed by atoms with Gasteiger partial charge in [0.05, 0.1) is 4.90 Å². The molecule has 4 rings (SSSR count). The van der Waals surface area contributed by atoms with E-state index in [1.807, 2.05) is 0 Å². The third-order valence-electron chi connectivity index (χ3n) is 6.91. The van der Waals surface area contributed by atoms with Crippen LogP contribution in [0.5, 0.6) is 0 Å². The molecule has 1 aliphatic heterocycles. The van der Waals surface area contributed by atoms with Crippen LogP contribution in [0.2, 0.25) is 0 Å². The second kappa shape index (κ2) is 7.55. The first-order valence-electron chi connectivity index (χ1n) is 10.3. The van der Waals surface area contributed by atoms with Gasteiger partial charge in [-0.15, -0.1) is 0 Å². The van der Waals surface area contributed by atoms with Crippen LogP contribution in [-0.2, 0) is 14.8 Å². The van der Waals surface area contributed by atoms with Gasteiger partial charge in [-0.05, 0) is 68.9 Å². The summed E-state index contributed by atoms with van der Waals surface area (Å²) in [5.74, 6) is 2.00. The minimum Gasteiger partial charge on any atom is -0.352 e. The number of nitrogens with zero attached hydrogens (tertiary/aromatic N) is 1. The number of benzene rings is 1. The number of sulfonamides is 1. The minimum absolute atomic E-state index is 0.121. The molecule has 1 amide bonds. The van der Waals surface area contributed by atoms with Crippen LogP contribution in [0.15, 0.2) is 35.2 Å². The lowest BCUT2D eigenvalue weighted by molar-refractivity contribution is -0.126. The fourth-order valence-corrected chi connectivity index (χ4v) is 7.19. The Bertz CT molecular complexity index is 780. The monoisotopic (exact) mass is 390 g/mol. The molecule has 27 heavy (non-hydrogen) atoms. The van der Waals surface area contributed by atoms with Crippen molar-refractivity contribution in [1.29, 1.82) is 0 Å². The molecule has 1 N–H and O–H groups in total. The van der Waals surface area contributed by atoms with Crippen molar-refractivity contribution >= 4 is 15.9 Å². The lowest BCUT2D eigenvalue weighted by Crippen LogP contribution is -2.54. The minimum atomic E-state index is -3.65. The normalized spacial score (nSPS) is 32.3. The Morgan fingerprint density at radius 2 is 1.89 bits per heavy atom. The number of carbonyl (C=O) groups is 1. The van der Waals surface area contributed by atoms with Gasteiger partial charge in [-0.3, -0.25) is 4.79 Å². The Morgan fingerprint density at radius 3 is 2.56 bits per heavy atom. The summed E-state index contributed by atoms with van der Waals surface area (Å²) in [7, 11) is -3.65. The molecule has 3 aliphatic rings. The number of rotatable bonds is 5. The van der Waals surface area contributed by atoms with Crippen molar-refractivity contribution in [2.75, 3.05) is 6.54 Å². The van der Waals surface area contributed by atoms with E-state index in [1.165, 1.54) is 30.0 Å². The molecule has 6 heteroatoms. The Hall–Kier alpha value is -1.40. The van der Waals surface area contributed by atoms with Gasteiger partial charge in [-0.2, -0.15) is 4.31 Å². The fourth-order valence-electron chi connectivity index (χ4n) is 5.52. The van der Waals surface area contributed by atoms with E-state index in [-0.39, 0.29) is 16.8 Å². The lowest BCUT2D eigenvalue weighted by Gasteiger charge is -2.36. The van der Waals surface area contributed by atoms with Crippen molar-refractivity contribution in [2.24, 2.45) is 17.8 Å². The zero-order chi connectivity index (χ0) is 19.0. The van der Waals surface area contributed by atoms with Gasteiger partial charge in [0.15, 0.2) is 0 Å². The molecule has 0 radical (unpaired) electrons. The molecule has 5 nitrogen and oxygen atoms in total. The van der Waals surface area contributed by atoms with Gasteiger partial charge in [0, 0.05) is 12.6 Å². The molecule has 1 aromatic carbocycles. The van der Waals surface area contributed by atoms with E-state index < -0.39 is 16.1 Å². The second-order valence-corrected chi connectivity index (χ2v) is 10.5. The lowest BCUT2D eigenvalue weighted by atomic mass is 9.84. The van der Waals surface area contributed by atoms with Gasteiger partial charge in [0.2, 0.25) is 15.9 Å². The second-order valence-electron chi connectivity index (χ2n) is 8.58. The first kappa shape index (κ1) is 18.9. The van der Waals surface area contributed by atoms with Crippen LogP contribution in [0.25, 0.3) is 0 Å². The highest BCUT2D eigenvalue weighted by atomic mass is 32.2. The smallest absolute Gasteiger partial charge is 0.243 e. The molecule has 1 heterocycles. The van der Waals surface area contributed by atoms with Crippen LogP contribution in [0.1, 0.15) is 51.9 Å². The molecular weight excluding hydrogens is 360 g/mol. The van der Waals surface area contributed by atoms with Gasteiger partial charge in [-0.25, -0.2) is 8.42 Å². The van der Waals surface area contributed by atoms with Crippen LogP contribution >= 0.6 is 0 Å². The number of hydrogen-bond donors (Lipinski definition) is 1. The maximum atomic E-state index is 13.1. The van der Waals surface area contributed by atoms with Crippen molar-refractivity contribution in [3.63, 3.8) is 0 Å². The van der Waals surface area contributed by atoms with Gasteiger partial charge in [0.1, 0.15) is 6.04 Å². The Kier molecular flexibility index (Phi) is 5.30. The third-order valence-corrected chi connectivity index (χ3v) is 8.83. The number of amides is 1. The summed E-state index contributed by atoms with van der Waals surface area (Å²) < 4.78 is 27.6. The Balaban J connectivity index is 1.48. The quantitative estimate of drug-likeness (QED) is 0.840. The SMILES string of the molecule is C[C@H](NC(=O)[C@H]1CCCCN1S(=O)(=O)c1ccccc1)[C@H]1C[C@H]2CC[C@H]1C2. The van der Waals surface area contributed by atoms with Crippen molar-refractivity contribution < 1.29 is 13.2 Å². The molecular formula is C21H30N2O3S. The molecule has 148 valence electrons. The van der Waals surface area contributed by atoms with E-state index in [2.05, 4.69) is 12.2 Å². The number of piperidine rings is 1. The standard InChI is InChI=1S/C21H30N2O3S/c1-15(19-14-16-10-11-17(19)13-16)22-21(24)20-9-5-6-12-23(20)27(25,26)18-7-3-2-4-8-18/h2-4,7-8,15-17,19-20H,5-6,9-14H2,1H3,(H,22,24)/t15-,16-,17-,19+,20+/m0/s1. The third kappa shape index (κ3) is 3.66. The van der Waals surface area contributed by atoms with Gasteiger partial charge in [0.25, 0.3) is 0 Å². The average molecular weight is 391 g/mol. The molecule has 2 aliphatic carbocycles. The van der Waals surface area contributed by atoms with Crippen molar-refractivity contribution in [3.8, 4) is 0 Å². The fraction of sp³-hybridized carbons (Fsp3) is 0.667. The van der Waals surface area contributed by atoms with Crippen LogP contribution < -0.4 is 5.32 Å². The molecule has 3 fully saturated rings. The van der Waals surface area contributed by atoms with Crippen molar-refractivity contribution in [1.82, 2.24) is 9.62 Å². The molecule has 2 saturated carbocycles. The van der Waals surface area contributed by atoms with Crippen LogP contribution in [-0.4, -0.2) is 37.3 Å². The number of fused-ring (bicyclic) bond motifs is 2.